The Hall–Kier alpha value is -1.40. The molecule has 0 amide bonds. The van der Waals surface area contributed by atoms with Gasteiger partial charge in [-0.2, -0.15) is 0 Å². The normalized spacial score (nSPS) is 11.9. The minimum absolute atomic E-state index is 0. The molecule has 0 aliphatic carbocycles. The molecule has 0 spiro atoms. The summed E-state index contributed by atoms with van der Waals surface area (Å²) >= 11 is 0. The molecule has 2 rings (SSSR count). The Balaban J connectivity index is 0.00000220. The Kier molecular flexibility index (Phi) is 6.36. The molecule has 0 atom stereocenters. The molecule has 0 saturated heterocycles. The molecule has 0 fully saturated rings. The standard InChI is InChI=1S/C17H20N2O.HI/c1-19(2,3)13-15-11-7-8-12-16(15)17(18-20)14-9-5-4-6-10-14;/h4-12H,13H2,1-3H3;1H/b18-17-;. The lowest BCUT2D eigenvalue weighted by Gasteiger charge is -2.25. The molecule has 0 saturated carbocycles. The lowest BCUT2D eigenvalue weighted by Crippen LogP contribution is -3.00. The van der Waals surface area contributed by atoms with Crippen LogP contribution in [-0.4, -0.2) is 36.5 Å². The van der Waals surface area contributed by atoms with E-state index in [2.05, 4.69) is 32.4 Å². The van der Waals surface area contributed by atoms with Crippen LogP contribution in [0, 0.1) is 0 Å². The van der Waals surface area contributed by atoms with Crippen LogP contribution in [0.3, 0.4) is 0 Å². The summed E-state index contributed by atoms with van der Waals surface area (Å²) < 4.78 is 0.824. The second kappa shape index (κ2) is 7.56. The summed E-state index contributed by atoms with van der Waals surface area (Å²) in [6.45, 7) is 0.877. The van der Waals surface area contributed by atoms with Gasteiger partial charge in [-0.15, -0.1) is 0 Å². The Labute approximate surface area is 143 Å². The first-order valence-electron chi connectivity index (χ1n) is 6.67. The quantitative estimate of drug-likeness (QED) is 0.257. The van der Waals surface area contributed by atoms with Crippen LogP contribution in [0.4, 0.5) is 0 Å². The van der Waals surface area contributed by atoms with Gasteiger partial charge in [0.15, 0.2) is 0 Å². The maximum atomic E-state index is 9.44. The molecule has 2 aromatic carbocycles. The molecule has 0 aliphatic rings. The lowest BCUT2D eigenvalue weighted by molar-refractivity contribution is -0.884. The summed E-state index contributed by atoms with van der Waals surface area (Å²) in [5, 5.41) is 13.0. The molecule has 112 valence electrons. The number of oxime groups is 1. The first kappa shape index (κ1) is 17.7. The van der Waals surface area contributed by atoms with Gasteiger partial charge in [0, 0.05) is 16.7 Å². The largest absolute Gasteiger partial charge is 1.00 e. The van der Waals surface area contributed by atoms with Gasteiger partial charge in [-0.1, -0.05) is 59.8 Å². The minimum Gasteiger partial charge on any atom is -1.00 e. The van der Waals surface area contributed by atoms with Crippen molar-refractivity contribution < 1.29 is 33.7 Å². The maximum Gasteiger partial charge on any atom is 0.117 e. The van der Waals surface area contributed by atoms with Crippen LogP contribution in [0.1, 0.15) is 16.7 Å². The Morgan fingerprint density at radius 2 is 1.52 bits per heavy atom. The zero-order chi connectivity index (χ0) is 14.6. The van der Waals surface area contributed by atoms with Crippen molar-refractivity contribution in [3.63, 3.8) is 0 Å². The van der Waals surface area contributed by atoms with Gasteiger partial charge < -0.3 is 33.7 Å². The molecule has 0 aromatic heterocycles. The summed E-state index contributed by atoms with van der Waals surface area (Å²) in [7, 11) is 6.44. The fourth-order valence-electron chi connectivity index (χ4n) is 2.26. The topological polar surface area (TPSA) is 32.6 Å². The fourth-order valence-corrected chi connectivity index (χ4v) is 2.26. The van der Waals surface area contributed by atoms with E-state index < -0.39 is 0 Å². The first-order valence-corrected chi connectivity index (χ1v) is 6.67. The SMILES string of the molecule is C[N+](C)(C)Cc1ccccc1/C(=N\O)c1ccccc1.[I-]. The highest BCUT2D eigenvalue weighted by atomic mass is 127. The van der Waals surface area contributed by atoms with Gasteiger partial charge in [-0.05, 0) is 0 Å². The van der Waals surface area contributed by atoms with Gasteiger partial charge in [-0.3, -0.25) is 0 Å². The third-order valence-corrected chi connectivity index (χ3v) is 3.06. The number of quaternary nitrogens is 1. The van der Waals surface area contributed by atoms with Gasteiger partial charge in [0.05, 0.1) is 21.1 Å². The monoisotopic (exact) mass is 396 g/mol. The van der Waals surface area contributed by atoms with Crippen LogP contribution in [0.15, 0.2) is 59.8 Å². The smallest absolute Gasteiger partial charge is 0.117 e. The maximum absolute atomic E-state index is 9.44. The van der Waals surface area contributed by atoms with Gasteiger partial charge in [-0.25, -0.2) is 0 Å². The summed E-state index contributed by atoms with van der Waals surface area (Å²) in [6, 6.07) is 17.9. The number of rotatable bonds is 4. The molecule has 4 heteroatoms. The molecule has 0 heterocycles. The van der Waals surface area contributed by atoms with E-state index in [0.29, 0.717) is 5.71 Å². The minimum atomic E-state index is 0. The van der Waals surface area contributed by atoms with Crippen LogP contribution in [-0.2, 0) is 6.54 Å². The van der Waals surface area contributed by atoms with Crippen molar-refractivity contribution in [1.29, 1.82) is 0 Å². The average molecular weight is 396 g/mol. The van der Waals surface area contributed by atoms with E-state index in [4.69, 9.17) is 0 Å². The van der Waals surface area contributed by atoms with Crippen LogP contribution in [0.2, 0.25) is 0 Å². The van der Waals surface area contributed by atoms with E-state index in [9.17, 15) is 5.21 Å². The van der Waals surface area contributed by atoms with Gasteiger partial charge in [0.1, 0.15) is 12.3 Å². The second-order valence-corrected chi connectivity index (χ2v) is 5.92. The summed E-state index contributed by atoms with van der Waals surface area (Å²) in [4.78, 5) is 0. The van der Waals surface area contributed by atoms with Crippen molar-refractivity contribution in [3.8, 4) is 0 Å². The van der Waals surface area contributed by atoms with Crippen LogP contribution in [0.5, 0.6) is 0 Å². The van der Waals surface area contributed by atoms with E-state index in [1.54, 1.807) is 0 Å². The highest BCUT2D eigenvalue weighted by Crippen LogP contribution is 2.18. The predicted octanol–water partition coefficient (Wildman–Crippen LogP) is 0.123. The van der Waals surface area contributed by atoms with Crippen molar-refractivity contribution in [2.24, 2.45) is 5.16 Å². The highest BCUT2D eigenvalue weighted by Gasteiger charge is 2.16. The highest BCUT2D eigenvalue weighted by molar-refractivity contribution is 6.13. The predicted molar refractivity (Wildman–Crippen MR) is 82.0 cm³/mol. The Morgan fingerprint density at radius 1 is 0.952 bits per heavy atom. The van der Waals surface area contributed by atoms with Gasteiger partial charge >= 0.3 is 0 Å². The van der Waals surface area contributed by atoms with E-state index >= 15 is 0 Å². The summed E-state index contributed by atoms with van der Waals surface area (Å²) in [6.07, 6.45) is 0. The van der Waals surface area contributed by atoms with Gasteiger partial charge in [0.25, 0.3) is 0 Å². The molecule has 3 nitrogen and oxygen atoms in total. The number of nitrogens with zero attached hydrogens (tertiary/aromatic N) is 2. The number of benzene rings is 2. The van der Waals surface area contributed by atoms with E-state index in [0.717, 1.165) is 22.2 Å². The average Bonchev–Trinajstić information content (AvgIpc) is 2.41. The van der Waals surface area contributed by atoms with E-state index in [1.165, 1.54) is 5.56 Å². The molecule has 0 radical (unpaired) electrons. The third-order valence-electron chi connectivity index (χ3n) is 3.06. The Bertz CT molecular complexity index is 604. The molecule has 0 bridgehead atoms. The molecule has 0 aliphatic heterocycles. The lowest BCUT2D eigenvalue weighted by atomic mass is 9.97. The number of hydrogen-bond acceptors (Lipinski definition) is 2. The van der Waals surface area contributed by atoms with Crippen molar-refractivity contribution in [3.05, 3.63) is 71.3 Å². The van der Waals surface area contributed by atoms with E-state index in [-0.39, 0.29) is 24.0 Å². The van der Waals surface area contributed by atoms with Crippen LogP contribution in [0.25, 0.3) is 0 Å². The van der Waals surface area contributed by atoms with Crippen molar-refractivity contribution in [2.45, 2.75) is 6.54 Å². The van der Waals surface area contributed by atoms with Crippen LogP contribution >= 0.6 is 0 Å². The number of hydrogen-bond donors (Lipinski definition) is 1. The molecule has 21 heavy (non-hydrogen) atoms. The third kappa shape index (κ3) is 4.82. The molecule has 2 aromatic rings. The first-order chi connectivity index (χ1) is 9.51. The van der Waals surface area contributed by atoms with Crippen molar-refractivity contribution in [1.82, 2.24) is 0 Å². The molecule has 1 N–H and O–H groups in total. The van der Waals surface area contributed by atoms with E-state index in [1.807, 2.05) is 48.5 Å². The Morgan fingerprint density at radius 3 is 2.10 bits per heavy atom. The molecular formula is C17H21IN2O. The molecular weight excluding hydrogens is 375 g/mol. The van der Waals surface area contributed by atoms with Crippen molar-refractivity contribution >= 4 is 5.71 Å². The summed E-state index contributed by atoms with van der Waals surface area (Å²) in [5.41, 5.74) is 3.70. The van der Waals surface area contributed by atoms with Crippen LogP contribution < -0.4 is 24.0 Å². The van der Waals surface area contributed by atoms with Crippen molar-refractivity contribution in [2.75, 3.05) is 21.1 Å². The molecule has 0 unspecified atom stereocenters. The zero-order valence-electron chi connectivity index (χ0n) is 12.6. The van der Waals surface area contributed by atoms with Gasteiger partial charge in [0.2, 0.25) is 0 Å². The summed E-state index contributed by atoms with van der Waals surface area (Å²) in [5.74, 6) is 0. The number of halogens is 1. The zero-order valence-corrected chi connectivity index (χ0v) is 14.8. The second-order valence-electron chi connectivity index (χ2n) is 5.92. The fraction of sp³-hybridized carbons (Fsp3) is 0.235.